The van der Waals surface area contributed by atoms with Gasteiger partial charge in [0.2, 0.25) is 35.4 Å². The van der Waals surface area contributed by atoms with Crippen molar-refractivity contribution in [2.45, 2.75) is 85.0 Å². The van der Waals surface area contributed by atoms with E-state index in [9.17, 15) is 38.7 Å². The lowest BCUT2D eigenvalue weighted by Crippen LogP contribution is -2.59. The molecule has 0 aliphatic carbocycles. The third-order valence-corrected chi connectivity index (χ3v) is 6.63. The van der Waals surface area contributed by atoms with E-state index in [4.69, 9.17) is 5.73 Å². The van der Waals surface area contributed by atoms with Crippen molar-refractivity contribution in [3.8, 4) is 0 Å². The molecule has 6 amide bonds. The molecule has 0 bridgehead atoms. The number of aromatic nitrogens is 2. The van der Waals surface area contributed by atoms with E-state index in [-0.39, 0.29) is 18.2 Å². The Morgan fingerprint density at radius 3 is 1.98 bits per heavy atom. The van der Waals surface area contributed by atoms with Crippen molar-refractivity contribution < 1.29 is 38.7 Å². The molecule has 1 rings (SSSR count). The summed E-state index contributed by atoms with van der Waals surface area (Å²) in [5, 5.41) is 21.6. The van der Waals surface area contributed by atoms with Crippen LogP contribution in [0, 0.1) is 17.8 Å². The summed E-state index contributed by atoms with van der Waals surface area (Å²) in [6.07, 6.45) is 2.79. The number of carboxylic acids is 1. The zero-order valence-corrected chi connectivity index (χ0v) is 25.4. The highest BCUT2D eigenvalue weighted by atomic mass is 16.4. The molecule has 1 heterocycles. The number of carboxylic acid groups (broad SMARTS) is 1. The monoisotopic (exact) mass is 608 g/mol. The third kappa shape index (κ3) is 12.5. The maximum absolute atomic E-state index is 13.1. The van der Waals surface area contributed by atoms with Crippen LogP contribution in [0.3, 0.4) is 0 Å². The Balaban J connectivity index is 2.93. The molecule has 0 saturated carbocycles. The number of H-pyrrole nitrogens is 1. The number of nitrogens with one attached hydrogen (secondary N) is 6. The normalized spacial score (nSPS) is 14.5. The van der Waals surface area contributed by atoms with E-state index >= 15 is 0 Å². The SMILES string of the molecule is CCC(C)[C@H](NC(=O)[C@H](CC(=O)O)NC(=O)[C@@H](NC(=O)CNC(=O)[C@H](Cc1ncc[nH]1)NC(=O)C(C)C)C(C)C)C(N)=O. The number of hydrogen-bond acceptors (Lipinski definition) is 8. The molecule has 0 radical (unpaired) electrons. The molecule has 1 aromatic heterocycles. The molecule has 16 nitrogen and oxygen atoms in total. The van der Waals surface area contributed by atoms with Gasteiger partial charge in [-0.2, -0.15) is 0 Å². The Morgan fingerprint density at radius 1 is 0.860 bits per heavy atom. The van der Waals surface area contributed by atoms with E-state index in [2.05, 4.69) is 36.6 Å². The fourth-order valence-electron chi connectivity index (χ4n) is 3.83. The summed E-state index contributed by atoms with van der Waals surface area (Å²) in [7, 11) is 0. The first-order valence-corrected chi connectivity index (χ1v) is 14.0. The van der Waals surface area contributed by atoms with Crippen LogP contribution in [0.15, 0.2) is 12.4 Å². The van der Waals surface area contributed by atoms with Crippen LogP contribution in [0.1, 0.15) is 60.2 Å². The minimum absolute atomic E-state index is 0.0383. The number of nitrogens with zero attached hydrogens (tertiary/aromatic N) is 1. The number of hydrogen-bond donors (Lipinski definition) is 8. The summed E-state index contributed by atoms with van der Waals surface area (Å²) < 4.78 is 0. The maximum Gasteiger partial charge on any atom is 0.305 e. The van der Waals surface area contributed by atoms with E-state index < -0.39 is 84.5 Å². The van der Waals surface area contributed by atoms with E-state index in [1.54, 1.807) is 47.7 Å². The lowest BCUT2D eigenvalue weighted by molar-refractivity contribution is -0.141. The van der Waals surface area contributed by atoms with Gasteiger partial charge in [-0.3, -0.25) is 33.6 Å². The zero-order chi connectivity index (χ0) is 32.9. The van der Waals surface area contributed by atoms with Crippen LogP contribution < -0.4 is 32.3 Å². The van der Waals surface area contributed by atoms with E-state index in [0.29, 0.717) is 12.2 Å². The number of amides is 6. The van der Waals surface area contributed by atoms with Crippen LogP contribution in [0.5, 0.6) is 0 Å². The minimum Gasteiger partial charge on any atom is -0.481 e. The third-order valence-electron chi connectivity index (χ3n) is 6.63. The average Bonchev–Trinajstić information content (AvgIpc) is 3.44. The minimum atomic E-state index is -1.57. The van der Waals surface area contributed by atoms with Gasteiger partial charge < -0.3 is 42.4 Å². The number of nitrogens with two attached hydrogens (primary N) is 1. The summed E-state index contributed by atoms with van der Waals surface area (Å²) in [5.41, 5.74) is 5.39. The van der Waals surface area contributed by atoms with Gasteiger partial charge in [0.1, 0.15) is 30.0 Å². The summed E-state index contributed by atoms with van der Waals surface area (Å²) in [6, 6.07) is -4.90. The highest BCUT2D eigenvalue weighted by Crippen LogP contribution is 2.09. The van der Waals surface area contributed by atoms with Crippen molar-refractivity contribution in [1.29, 1.82) is 0 Å². The number of carbonyl (C=O) groups excluding carboxylic acids is 6. The molecule has 0 aliphatic heterocycles. The summed E-state index contributed by atoms with van der Waals surface area (Å²) >= 11 is 0. The largest absolute Gasteiger partial charge is 0.481 e. The first-order chi connectivity index (χ1) is 20.1. The van der Waals surface area contributed by atoms with Gasteiger partial charge in [0.15, 0.2) is 0 Å². The molecular weight excluding hydrogens is 564 g/mol. The molecule has 0 saturated heterocycles. The lowest BCUT2D eigenvalue weighted by Gasteiger charge is -2.27. The maximum atomic E-state index is 13.1. The number of rotatable bonds is 18. The smallest absolute Gasteiger partial charge is 0.305 e. The van der Waals surface area contributed by atoms with Crippen molar-refractivity contribution in [3.63, 3.8) is 0 Å². The topological polar surface area (TPSA) is 255 Å². The zero-order valence-electron chi connectivity index (χ0n) is 25.4. The average molecular weight is 609 g/mol. The van der Waals surface area contributed by atoms with E-state index in [0.717, 1.165) is 0 Å². The van der Waals surface area contributed by atoms with Crippen molar-refractivity contribution in [2.24, 2.45) is 23.5 Å². The Kier molecular flexibility index (Phi) is 14.8. The molecule has 16 heteroatoms. The van der Waals surface area contributed by atoms with Crippen LogP contribution in [0.4, 0.5) is 0 Å². The van der Waals surface area contributed by atoms with Gasteiger partial charge in [0, 0.05) is 24.7 Å². The van der Waals surface area contributed by atoms with E-state index in [1.165, 1.54) is 6.20 Å². The molecule has 5 atom stereocenters. The summed E-state index contributed by atoms with van der Waals surface area (Å²) in [4.78, 5) is 93.9. The molecule has 43 heavy (non-hydrogen) atoms. The van der Waals surface area contributed by atoms with Crippen molar-refractivity contribution in [1.82, 2.24) is 36.6 Å². The Morgan fingerprint density at radius 2 is 1.49 bits per heavy atom. The molecule has 9 N–H and O–H groups in total. The van der Waals surface area contributed by atoms with Crippen molar-refractivity contribution >= 4 is 41.4 Å². The predicted octanol–water partition coefficient (Wildman–Crippen LogP) is -1.67. The van der Waals surface area contributed by atoms with Gasteiger partial charge in [-0.05, 0) is 11.8 Å². The molecule has 1 aromatic rings. The van der Waals surface area contributed by atoms with Gasteiger partial charge in [-0.1, -0.05) is 48.0 Å². The Hall–Kier alpha value is -4.50. The molecule has 0 spiro atoms. The second kappa shape index (κ2) is 17.5. The fraction of sp³-hybridized carbons (Fsp3) is 0.630. The molecule has 0 aliphatic rings. The van der Waals surface area contributed by atoms with Gasteiger partial charge in [0.25, 0.3) is 0 Å². The Labute approximate surface area is 250 Å². The number of aromatic amines is 1. The fourth-order valence-corrected chi connectivity index (χ4v) is 3.83. The molecular formula is C27H44N8O8. The van der Waals surface area contributed by atoms with Crippen LogP contribution in [-0.4, -0.2) is 87.2 Å². The van der Waals surface area contributed by atoms with Gasteiger partial charge in [0.05, 0.1) is 13.0 Å². The van der Waals surface area contributed by atoms with Crippen LogP contribution >= 0.6 is 0 Å². The van der Waals surface area contributed by atoms with Gasteiger partial charge in [-0.25, -0.2) is 4.98 Å². The molecule has 1 unspecified atom stereocenters. The molecule has 0 aromatic carbocycles. The van der Waals surface area contributed by atoms with Crippen LogP contribution in [0.25, 0.3) is 0 Å². The van der Waals surface area contributed by atoms with Crippen molar-refractivity contribution in [2.75, 3.05) is 6.54 Å². The number of imidazole rings is 1. The Bertz CT molecular complexity index is 1140. The highest BCUT2D eigenvalue weighted by Gasteiger charge is 2.33. The molecule has 0 fully saturated rings. The van der Waals surface area contributed by atoms with Crippen LogP contribution in [0.2, 0.25) is 0 Å². The number of primary amides is 1. The predicted molar refractivity (Wildman–Crippen MR) is 154 cm³/mol. The van der Waals surface area contributed by atoms with Gasteiger partial charge in [-0.15, -0.1) is 0 Å². The molecule has 240 valence electrons. The summed E-state index contributed by atoms with van der Waals surface area (Å²) in [5.74, 6) is -6.58. The second-order valence-corrected chi connectivity index (χ2v) is 10.9. The number of carbonyl (C=O) groups is 7. The van der Waals surface area contributed by atoms with Gasteiger partial charge >= 0.3 is 5.97 Å². The highest BCUT2D eigenvalue weighted by molar-refractivity contribution is 5.96. The number of aliphatic carboxylic acids is 1. The van der Waals surface area contributed by atoms with E-state index in [1.807, 2.05) is 0 Å². The van der Waals surface area contributed by atoms with Crippen molar-refractivity contribution in [3.05, 3.63) is 18.2 Å². The summed E-state index contributed by atoms with van der Waals surface area (Å²) in [6.45, 7) is 9.46. The van der Waals surface area contributed by atoms with Crippen LogP contribution in [-0.2, 0) is 40.0 Å². The second-order valence-electron chi connectivity index (χ2n) is 10.9. The standard InChI is InChI=1S/C27H44N8O8/c1-7-15(6)22(23(28)39)35-26(42)17(11-20(37)38)33-27(43)21(13(2)3)34-19(36)12-31-25(41)16(32-24(40)14(4)5)10-18-29-8-9-30-18/h8-9,13-17,21-22H,7,10-12H2,1-6H3,(H2,28,39)(H,29,30)(H,31,41)(H,32,40)(H,33,43)(H,34,36)(H,35,42)(H,37,38)/t15?,16-,17-,21-,22-/m0/s1. The quantitative estimate of drug-likeness (QED) is 0.0946. The first kappa shape index (κ1) is 36.5. The first-order valence-electron chi connectivity index (χ1n) is 14.0. The lowest BCUT2D eigenvalue weighted by atomic mass is 9.98.